The molecular weight excluding hydrogens is 394 g/mol. The molecule has 2 amide bonds. The predicted octanol–water partition coefficient (Wildman–Crippen LogP) is 5.05. The van der Waals surface area contributed by atoms with Crippen molar-refractivity contribution in [3.8, 4) is 5.69 Å². The Labute approximate surface area is 181 Å². The van der Waals surface area contributed by atoms with Gasteiger partial charge in [-0.15, -0.1) is 11.8 Å². The van der Waals surface area contributed by atoms with Crippen LogP contribution in [-0.4, -0.2) is 22.1 Å². The summed E-state index contributed by atoms with van der Waals surface area (Å²) in [4.78, 5) is 25.0. The van der Waals surface area contributed by atoms with Gasteiger partial charge < -0.3 is 15.6 Å². The Kier molecular flexibility index (Phi) is 6.67. The number of amides is 2. The number of para-hydroxylation sites is 1. The molecule has 1 aromatic heterocycles. The highest BCUT2D eigenvalue weighted by Gasteiger charge is 2.18. The Hall–Kier alpha value is -2.99. The first-order valence-corrected chi connectivity index (χ1v) is 10.9. The molecule has 0 fully saturated rings. The molecule has 0 unspecified atom stereocenters. The second-order valence-corrected chi connectivity index (χ2v) is 8.59. The molecule has 0 bridgehead atoms. The minimum Gasteiger partial charge on any atom is -0.369 e. The Bertz CT molecular complexity index is 1070. The first kappa shape index (κ1) is 21.7. The minimum atomic E-state index is -0.395. The molecule has 0 radical (unpaired) electrons. The van der Waals surface area contributed by atoms with Crippen molar-refractivity contribution < 1.29 is 9.59 Å². The standard InChI is InChI=1S/C24H27N3O2S/c1-15(2)18-9-11-19(12-10-18)27-16(3)13-20(17(27)4)24(29)26-21-7-5-6-8-22(21)30-14-23(25)28/h5-13,15H,14H2,1-4H3,(H2,25,28)(H,26,29). The number of aryl methyl sites for hydroxylation is 1. The molecule has 156 valence electrons. The van der Waals surface area contributed by atoms with Crippen LogP contribution in [0.25, 0.3) is 5.69 Å². The molecule has 0 spiro atoms. The molecule has 0 aliphatic rings. The van der Waals surface area contributed by atoms with Crippen molar-refractivity contribution >= 4 is 29.3 Å². The summed E-state index contributed by atoms with van der Waals surface area (Å²) < 4.78 is 2.09. The number of thioether (sulfide) groups is 1. The van der Waals surface area contributed by atoms with E-state index in [2.05, 4.69) is 48.0 Å². The second-order valence-electron chi connectivity index (χ2n) is 7.57. The number of primary amides is 1. The maximum absolute atomic E-state index is 13.0. The van der Waals surface area contributed by atoms with E-state index in [4.69, 9.17) is 5.73 Å². The van der Waals surface area contributed by atoms with Crippen LogP contribution in [0, 0.1) is 13.8 Å². The zero-order valence-electron chi connectivity index (χ0n) is 17.7. The van der Waals surface area contributed by atoms with Crippen molar-refractivity contribution in [1.82, 2.24) is 4.57 Å². The highest BCUT2D eigenvalue weighted by molar-refractivity contribution is 8.00. The van der Waals surface area contributed by atoms with Gasteiger partial charge in [-0.3, -0.25) is 9.59 Å². The van der Waals surface area contributed by atoms with Crippen LogP contribution in [0.1, 0.15) is 47.1 Å². The van der Waals surface area contributed by atoms with Gasteiger partial charge in [0.1, 0.15) is 0 Å². The van der Waals surface area contributed by atoms with Gasteiger partial charge in [0.05, 0.1) is 17.0 Å². The lowest BCUT2D eigenvalue weighted by Gasteiger charge is -2.13. The lowest BCUT2D eigenvalue weighted by molar-refractivity contribution is -0.115. The number of nitrogens with one attached hydrogen (secondary N) is 1. The minimum absolute atomic E-state index is 0.160. The van der Waals surface area contributed by atoms with E-state index < -0.39 is 5.91 Å². The number of carbonyl (C=O) groups excluding carboxylic acids is 2. The lowest BCUT2D eigenvalue weighted by atomic mass is 10.0. The predicted molar refractivity (Wildman–Crippen MR) is 124 cm³/mol. The van der Waals surface area contributed by atoms with Crippen LogP contribution in [0.15, 0.2) is 59.5 Å². The Morgan fingerprint density at radius 2 is 1.73 bits per heavy atom. The van der Waals surface area contributed by atoms with E-state index in [1.54, 1.807) is 0 Å². The maximum Gasteiger partial charge on any atom is 0.257 e. The van der Waals surface area contributed by atoms with E-state index in [1.165, 1.54) is 17.3 Å². The van der Waals surface area contributed by atoms with Gasteiger partial charge >= 0.3 is 0 Å². The number of anilines is 1. The number of nitrogens with two attached hydrogens (primary N) is 1. The van der Waals surface area contributed by atoms with Gasteiger partial charge in [0.25, 0.3) is 5.91 Å². The molecule has 5 nitrogen and oxygen atoms in total. The smallest absolute Gasteiger partial charge is 0.257 e. The lowest BCUT2D eigenvalue weighted by Crippen LogP contribution is -2.15. The molecule has 3 N–H and O–H groups in total. The van der Waals surface area contributed by atoms with E-state index in [0.717, 1.165) is 22.0 Å². The normalized spacial score (nSPS) is 11.0. The molecule has 2 aromatic carbocycles. The average Bonchev–Trinajstić information content (AvgIpc) is 3.01. The molecule has 0 aliphatic carbocycles. The Balaban J connectivity index is 1.87. The average molecular weight is 422 g/mol. The topological polar surface area (TPSA) is 77.1 Å². The number of aromatic nitrogens is 1. The molecule has 3 rings (SSSR count). The van der Waals surface area contributed by atoms with E-state index in [0.29, 0.717) is 17.2 Å². The third-order valence-corrected chi connectivity index (χ3v) is 6.09. The van der Waals surface area contributed by atoms with Crippen LogP contribution in [-0.2, 0) is 4.79 Å². The third-order valence-electron chi connectivity index (χ3n) is 5.00. The number of hydrogen-bond acceptors (Lipinski definition) is 3. The van der Waals surface area contributed by atoms with Crippen LogP contribution >= 0.6 is 11.8 Å². The molecular formula is C24H27N3O2S. The highest BCUT2D eigenvalue weighted by atomic mass is 32.2. The summed E-state index contributed by atoms with van der Waals surface area (Å²) in [5.41, 5.74) is 10.7. The van der Waals surface area contributed by atoms with Crippen molar-refractivity contribution in [2.75, 3.05) is 11.1 Å². The van der Waals surface area contributed by atoms with Crippen molar-refractivity contribution in [3.05, 3.63) is 77.1 Å². The van der Waals surface area contributed by atoms with E-state index in [9.17, 15) is 9.59 Å². The summed E-state index contributed by atoms with van der Waals surface area (Å²) in [6.45, 7) is 8.29. The van der Waals surface area contributed by atoms with Crippen LogP contribution in [0.5, 0.6) is 0 Å². The van der Waals surface area contributed by atoms with Crippen molar-refractivity contribution in [2.24, 2.45) is 5.73 Å². The third kappa shape index (κ3) is 4.76. The molecule has 0 saturated carbocycles. The van der Waals surface area contributed by atoms with Gasteiger partial charge in [-0.2, -0.15) is 0 Å². The van der Waals surface area contributed by atoms with E-state index in [-0.39, 0.29) is 11.7 Å². The zero-order chi connectivity index (χ0) is 21.8. The summed E-state index contributed by atoms with van der Waals surface area (Å²) in [6, 6.07) is 17.7. The molecule has 30 heavy (non-hydrogen) atoms. The van der Waals surface area contributed by atoms with Gasteiger partial charge in [-0.05, 0) is 55.7 Å². The van der Waals surface area contributed by atoms with E-state index >= 15 is 0 Å². The molecule has 0 aliphatic heterocycles. The first-order valence-electron chi connectivity index (χ1n) is 9.88. The number of hydrogen-bond donors (Lipinski definition) is 2. The molecule has 0 atom stereocenters. The quantitative estimate of drug-likeness (QED) is 0.524. The molecule has 3 aromatic rings. The van der Waals surface area contributed by atoms with E-state index in [1.807, 2.05) is 44.2 Å². The fourth-order valence-corrected chi connectivity index (χ4v) is 4.18. The summed E-state index contributed by atoms with van der Waals surface area (Å²) in [5.74, 6) is 0.0570. The fourth-order valence-electron chi connectivity index (χ4n) is 3.43. The van der Waals surface area contributed by atoms with Crippen LogP contribution in [0.3, 0.4) is 0 Å². The number of rotatable bonds is 7. The number of benzene rings is 2. The highest BCUT2D eigenvalue weighted by Crippen LogP contribution is 2.28. The van der Waals surface area contributed by atoms with Crippen LogP contribution in [0.2, 0.25) is 0 Å². The fraction of sp³-hybridized carbons (Fsp3) is 0.250. The van der Waals surface area contributed by atoms with Crippen molar-refractivity contribution in [2.45, 2.75) is 38.5 Å². The van der Waals surface area contributed by atoms with Crippen molar-refractivity contribution in [1.29, 1.82) is 0 Å². The second kappa shape index (κ2) is 9.22. The summed E-state index contributed by atoms with van der Waals surface area (Å²) in [7, 11) is 0. The Morgan fingerprint density at radius 3 is 2.37 bits per heavy atom. The van der Waals surface area contributed by atoms with Gasteiger partial charge in [-0.1, -0.05) is 38.1 Å². The monoisotopic (exact) mass is 421 g/mol. The summed E-state index contributed by atoms with van der Waals surface area (Å²) in [6.07, 6.45) is 0. The number of carbonyl (C=O) groups is 2. The van der Waals surface area contributed by atoms with Gasteiger partial charge in [0.15, 0.2) is 0 Å². The van der Waals surface area contributed by atoms with Crippen LogP contribution < -0.4 is 11.1 Å². The summed E-state index contributed by atoms with van der Waals surface area (Å²) in [5, 5.41) is 2.98. The molecule has 6 heteroatoms. The zero-order valence-corrected chi connectivity index (χ0v) is 18.5. The first-order chi connectivity index (χ1) is 14.3. The molecule has 0 saturated heterocycles. The SMILES string of the molecule is Cc1cc(C(=O)Nc2ccccc2SCC(N)=O)c(C)n1-c1ccc(C(C)C)cc1. The van der Waals surface area contributed by atoms with Gasteiger partial charge in [-0.25, -0.2) is 0 Å². The largest absolute Gasteiger partial charge is 0.369 e. The molecule has 1 heterocycles. The Morgan fingerprint density at radius 1 is 1.07 bits per heavy atom. The van der Waals surface area contributed by atoms with Gasteiger partial charge in [0, 0.05) is 22.0 Å². The number of nitrogens with zero attached hydrogens (tertiary/aromatic N) is 1. The van der Waals surface area contributed by atoms with Crippen LogP contribution in [0.4, 0.5) is 5.69 Å². The summed E-state index contributed by atoms with van der Waals surface area (Å²) >= 11 is 1.31. The van der Waals surface area contributed by atoms with Gasteiger partial charge in [0.2, 0.25) is 5.91 Å². The van der Waals surface area contributed by atoms with Crippen molar-refractivity contribution in [3.63, 3.8) is 0 Å². The maximum atomic E-state index is 13.0.